The largest absolute Gasteiger partial charge is 0.264 e. The number of rotatable bonds is 7. The van der Waals surface area contributed by atoms with Gasteiger partial charge in [-0.25, -0.2) is 0 Å². The number of aromatic nitrogens is 2. The van der Waals surface area contributed by atoms with Crippen molar-refractivity contribution in [2.45, 2.75) is 58.8 Å². The first kappa shape index (κ1) is 17.4. The highest BCUT2D eigenvalue weighted by molar-refractivity contribution is 5.63. The van der Waals surface area contributed by atoms with Crippen LogP contribution < -0.4 is 0 Å². The van der Waals surface area contributed by atoms with Gasteiger partial charge in [0.1, 0.15) is 0 Å². The first-order chi connectivity index (χ1) is 11.0. The highest BCUT2D eigenvalue weighted by Gasteiger charge is 2.10. The lowest BCUT2D eigenvalue weighted by molar-refractivity contribution is 0.690. The van der Waals surface area contributed by atoms with Gasteiger partial charge in [-0.2, -0.15) is 0 Å². The molecule has 2 heterocycles. The zero-order valence-electron chi connectivity index (χ0n) is 14.8. The van der Waals surface area contributed by atoms with Crippen molar-refractivity contribution in [2.24, 2.45) is 0 Å². The molecule has 0 fully saturated rings. The maximum absolute atomic E-state index is 4.40. The average Bonchev–Trinajstić information content (AvgIpc) is 2.59. The Balaban J connectivity index is 1.99. The molecule has 2 rings (SSSR count). The van der Waals surface area contributed by atoms with E-state index >= 15 is 0 Å². The Morgan fingerprint density at radius 3 is 2.39 bits per heavy atom. The topological polar surface area (TPSA) is 25.8 Å². The Hall–Kier alpha value is -1.96. The lowest BCUT2D eigenvalue weighted by atomic mass is 9.91. The molecule has 1 atom stereocenters. The van der Waals surface area contributed by atoms with Crippen molar-refractivity contribution >= 4 is 5.57 Å². The van der Waals surface area contributed by atoms with E-state index in [0.29, 0.717) is 11.8 Å². The van der Waals surface area contributed by atoms with Gasteiger partial charge in [-0.3, -0.25) is 9.97 Å². The van der Waals surface area contributed by atoms with Gasteiger partial charge in [0.2, 0.25) is 0 Å². The molecular formula is C21H28N2. The molecule has 0 N–H and O–H groups in total. The molecule has 0 aromatic carbocycles. The Morgan fingerprint density at radius 2 is 1.70 bits per heavy atom. The van der Waals surface area contributed by atoms with E-state index in [-0.39, 0.29) is 0 Å². The van der Waals surface area contributed by atoms with Crippen molar-refractivity contribution in [3.8, 4) is 0 Å². The van der Waals surface area contributed by atoms with Crippen LogP contribution in [0.25, 0.3) is 5.57 Å². The lowest BCUT2D eigenvalue weighted by Gasteiger charge is -2.15. The molecule has 122 valence electrons. The highest BCUT2D eigenvalue weighted by atomic mass is 14.6. The number of hydrogen-bond acceptors (Lipinski definition) is 2. The van der Waals surface area contributed by atoms with Crippen LogP contribution in [0, 0.1) is 0 Å². The molecule has 0 amide bonds. The summed E-state index contributed by atoms with van der Waals surface area (Å²) in [6.45, 7) is 13.1. The van der Waals surface area contributed by atoms with Gasteiger partial charge in [-0.15, -0.1) is 0 Å². The summed E-state index contributed by atoms with van der Waals surface area (Å²) in [4.78, 5) is 8.72. The summed E-state index contributed by atoms with van der Waals surface area (Å²) in [7, 11) is 0. The van der Waals surface area contributed by atoms with Crippen molar-refractivity contribution in [1.29, 1.82) is 0 Å². The maximum Gasteiger partial charge on any atom is 0.0343 e. The summed E-state index contributed by atoms with van der Waals surface area (Å²) in [5.74, 6) is 1.01. The number of aryl methyl sites for hydroxylation is 1. The Kier molecular flexibility index (Phi) is 6.09. The minimum Gasteiger partial charge on any atom is -0.264 e. The summed E-state index contributed by atoms with van der Waals surface area (Å²) in [6.07, 6.45) is 10.9. The van der Waals surface area contributed by atoms with Gasteiger partial charge in [0.25, 0.3) is 0 Å². The SMILES string of the molecule is C=C(CCC(C)c1cncc(C(C)C)c1)c1cncc(CC)c1. The predicted molar refractivity (Wildman–Crippen MR) is 98.6 cm³/mol. The van der Waals surface area contributed by atoms with Crippen LogP contribution in [0.4, 0.5) is 0 Å². The van der Waals surface area contributed by atoms with Crippen molar-refractivity contribution in [2.75, 3.05) is 0 Å². The van der Waals surface area contributed by atoms with Gasteiger partial charge in [0.15, 0.2) is 0 Å². The molecule has 0 aliphatic heterocycles. The molecule has 0 saturated carbocycles. The predicted octanol–water partition coefficient (Wildman–Crippen LogP) is 5.76. The smallest absolute Gasteiger partial charge is 0.0343 e. The van der Waals surface area contributed by atoms with Crippen molar-refractivity contribution in [1.82, 2.24) is 9.97 Å². The van der Waals surface area contributed by atoms with Crippen LogP contribution in [0.1, 0.15) is 74.6 Å². The Bertz CT molecular complexity index is 658. The minimum absolute atomic E-state index is 0.486. The van der Waals surface area contributed by atoms with Crippen molar-refractivity contribution in [3.63, 3.8) is 0 Å². The summed E-state index contributed by atoms with van der Waals surface area (Å²) in [6, 6.07) is 4.51. The first-order valence-electron chi connectivity index (χ1n) is 8.58. The fraction of sp³-hybridized carbons (Fsp3) is 0.429. The van der Waals surface area contributed by atoms with E-state index in [1.165, 1.54) is 27.8 Å². The summed E-state index contributed by atoms with van der Waals surface area (Å²) < 4.78 is 0. The van der Waals surface area contributed by atoms with E-state index in [0.717, 1.165) is 19.3 Å². The Morgan fingerprint density at radius 1 is 1.00 bits per heavy atom. The zero-order chi connectivity index (χ0) is 16.8. The van der Waals surface area contributed by atoms with Gasteiger partial charge in [0.05, 0.1) is 0 Å². The third-order valence-electron chi connectivity index (χ3n) is 4.51. The molecule has 2 aromatic rings. The number of hydrogen-bond donors (Lipinski definition) is 0. The lowest BCUT2D eigenvalue weighted by Crippen LogP contribution is -1.99. The minimum atomic E-state index is 0.486. The number of pyridine rings is 2. The van der Waals surface area contributed by atoms with E-state index in [1.807, 2.05) is 24.8 Å². The fourth-order valence-corrected chi connectivity index (χ4v) is 2.64. The normalized spacial score (nSPS) is 12.4. The van der Waals surface area contributed by atoms with Crippen LogP contribution in [0.3, 0.4) is 0 Å². The van der Waals surface area contributed by atoms with E-state index in [1.54, 1.807) is 0 Å². The first-order valence-corrected chi connectivity index (χ1v) is 8.58. The second-order valence-electron chi connectivity index (χ2n) is 6.69. The van der Waals surface area contributed by atoms with E-state index in [4.69, 9.17) is 0 Å². The molecule has 0 bridgehead atoms. The van der Waals surface area contributed by atoms with Crippen LogP contribution in [0.2, 0.25) is 0 Å². The zero-order valence-corrected chi connectivity index (χ0v) is 14.8. The van der Waals surface area contributed by atoms with Gasteiger partial charge in [-0.1, -0.05) is 40.3 Å². The van der Waals surface area contributed by atoms with Crippen LogP contribution >= 0.6 is 0 Å². The highest BCUT2D eigenvalue weighted by Crippen LogP contribution is 2.27. The second-order valence-corrected chi connectivity index (χ2v) is 6.69. The van der Waals surface area contributed by atoms with Gasteiger partial charge in [-0.05, 0) is 65.0 Å². The van der Waals surface area contributed by atoms with Gasteiger partial charge in [0, 0.05) is 24.8 Å². The molecule has 0 aliphatic carbocycles. The van der Waals surface area contributed by atoms with E-state index in [9.17, 15) is 0 Å². The van der Waals surface area contributed by atoms with E-state index < -0.39 is 0 Å². The third kappa shape index (κ3) is 4.75. The van der Waals surface area contributed by atoms with Crippen LogP contribution in [-0.2, 0) is 6.42 Å². The van der Waals surface area contributed by atoms with Crippen LogP contribution in [0.5, 0.6) is 0 Å². The standard InChI is InChI=1S/C21H28N2/c1-6-18-9-20(13-22-11-18)16(4)7-8-17(5)21-10-19(15(2)3)12-23-14-21/h9-15,17H,4,6-8H2,1-3,5H3. The quantitative estimate of drug-likeness (QED) is 0.650. The molecule has 0 spiro atoms. The molecule has 1 unspecified atom stereocenters. The monoisotopic (exact) mass is 308 g/mol. The van der Waals surface area contributed by atoms with Gasteiger partial charge >= 0.3 is 0 Å². The maximum atomic E-state index is 4.40. The summed E-state index contributed by atoms with van der Waals surface area (Å²) in [5, 5.41) is 0. The van der Waals surface area contributed by atoms with Crippen LogP contribution in [0.15, 0.2) is 43.5 Å². The molecule has 0 radical (unpaired) electrons. The third-order valence-corrected chi connectivity index (χ3v) is 4.51. The number of allylic oxidation sites excluding steroid dienone is 1. The molecule has 2 aromatic heterocycles. The second kappa shape index (κ2) is 8.05. The molecule has 0 aliphatic rings. The number of nitrogens with zero attached hydrogens (tertiary/aromatic N) is 2. The molecular weight excluding hydrogens is 280 g/mol. The Labute approximate surface area is 140 Å². The molecule has 2 nitrogen and oxygen atoms in total. The molecule has 0 saturated heterocycles. The fourth-order valence-electron chi connectivity index (χ4n) is 2.64. The van der Waals surface area contributed by atoms with Gasteiger partial charge < -0.3 is 0 Å². The average molecular weight is 308 g/mol. The van der Waals surface area contributed by atoms with Crippen molar-refractivity contribution in [3.05, 3.63) is 65.8 Å². The van der Waals surface area contributed by atoms with E-state index in [2.05, 4.69) is 56.4 Å². The molecule has 23 heavy (non-hydrogen) atoms. The molecule has 2 heteroatoms. The van der Waals surface area contributed by atoms with Crippen molar-refractivity contribution < 1.29 is 0 Å². The summed E-state index contributed by atoms with van der Waals surface area (Å²) in [5.41, 5.74) is 6.25. The van der Waals surface area contributed by atoms with Crippen LogP contribution in [-0.4, -0.2) is 9.97 Å². The summed E-state index contributed by atoms with van der Waals surface area (Å²) >= 11 is 0.